The van der Waals surface area contributed by atoms with Crippen LogP contribution in [0.25, 0.3) is 0 Å². The Kier molecular flexibility index (Phi) is 4.89. The maximum atomic E-state index is 11.7. The number of hydrogen-bond acceptors (Lipinski definition) is 5. The average molecular weight is 277 g/mol. The molecule has 2 heterocycles. The highest BCUT2D eigenvalue weighted by atomic mass is 16.5. The zero-order valence-corrected chi connectivity index (χ0v) is 11.7. The molecule has 0 spiro atoms. The van der Waals surface area contributed by atoms with Crippen molar-refractivity contribution in [1.82, 2.24) is 20.3 Å². The minimum atomic E-state index is -0.0860. The zero-order valence-electron chi connectivity index (χ0n) is 11.7. The van der Waals surface area contributed by atoms with Gasteiger partial charge in [0.2, 0.25) is 5.91 Å². The molecule has 2 rings (SSSR count). The number of nitrogens with one attached hydrogen (secondary N) is 2. The smallest absolute Gasteiger partial charge is 0.226 e. The Balaban J connectivity index is 1.63. The Labute approximate surface area is 117 Å². The predicted molar refractivity (Wildman–Crippen MR) is 74.2 cm³/mol. The van der Waals surface area contributed by atoms with Crippen molar-refractivity contribution in [3.63, 3.8) is 0 Å². The number of amides is 1. The second-order valence-corrected chi connectivity index (χ2v) is 4.70. The van der Waals surface area contributed by atoms with Crippen LogP contribution in [0.3, 0.4) is 0 Å². The lowest BCUT2D eigenvalue weighted by Crippen LogP contribution is -2.33. The van der Waals surface area contributed by atoms with E-state index in [-0.39, 0.29) is 11.9 Å². The lowest BCUT2D eigenvalue weighted by atomic mass is 10.3. The summed E-state index contributed by atoms with van der Waals surface area (Å²) >= 11 is 0. The van der Waals surface area contributed by atoms with Gasteiger partial charge in [0, 0.05) is 37.5 Å². The Morgan fingerprint density at radius 2 is 2.40 bits per heavy atom. The summed E-state index contributed by atoms with van der Waals surface area (Å²) < 4.78 is 6.73. The van der Waals surface area contributed by atoms with Gasteiger partial charge in [-0.05, 0) is 19.9 Å². The molecule has 20 heavy (non-hydrogen) atoms. The molecule has 0 saturated heterocycles. The summed E-state index contributed by atoms with van der Waals surface area (Å²) in [4.78, 5) is 11.7. The summed E-state index contributed by atoms with van der Waals surface area (Å²) in [7, 11) is 0. The molecule has 1 amide bonds. The van der Waals surface area contributed by atoms with E-state index in [4.69, 9.17) is 4.52 Å². The molecule has 7 nitrogen and oxygen atoms in total. The van der Waals surface area contributed by atoms with E-state index in [1.165, 1.54) is 0 Å². The van der Waals surface area contributed by atoms with Gasteiger partial charge in [0.25, 0.3) is 0 Å². The van der Waals surface area contributed by atoms with Gasteiger partial charge in [-0.1, -0.05) is 5.16 Å². The minimum absolute atomic E-state index is 0.0860. The maximum absolute atomic E-state index is 11.7. The summed E-state index contributed by atoms with van der Waals surface area (Å²) in [6, 6.07) is 3.82. The number of anilines is 1. The van der Waals surface area contributed by atoms with Gasteiger partial charge in [0.1, 0.15) is 5.76 Å². The first-order valence-corrected chi connectivity index (χ1v) is 6.57. The molecule has 0 aromatic carbocycles. The molecule has 0 unspecified atom stereocenters. The van der Waals surface area contributed by atoms with Crippen molar-refractivity contribution in [2.24, 2.45) is 0 Å². The van der Waals surface area contributed by atoms with Gasteiger partial charge in [-0.15, -0.1) is 0 Å². The van der Waals surface area contributed by atoms with E-state index in [1.54, 1.807) is 19.2 Å². The van der Waals surface area contributed by atoms with Crippen molar-refractivity contribution in [2.45, 2.75) is 32.9 Å². The number of hydrogen-bond donors (Lipinski definition) is 2. The van der Waals surface area contributed by atoms with E-state index < -0.39 is 0 Å². The van der Waals surface area contributed by atoms with Crippen molar-refractivity contribution >= 4 is 11.7 Å². The van der Waals surface area contributed by atoms with Gasteiger partial charge in [0.15, 0.2) is 5.82 Å². The van der Waals surface area contributed by atoms with E-state index in [9.17, 15) is 4.79 Å². The first-order valence-electron chi connectivity index (χ1n) is 6.57. The van der Waals surface area contributed by atoms with Gasteiger partial charge in [-0.25, -0.2) is 0 Å². The lowest BCUT2D eigenvalue weighted by molar-refractivity contribution is -0.116. The Morgan fingerprint density at radius 3 is 3.05 bits per heavy atom. The number of carbonyl (C=O) groups is 1. The van der Waals surface area contributed by atoms with Gasteiger partial charge in [-0.2, -0.15) is 5.10 Å². The van der Waals surface area contributed by atoms with Gasteiger partial charge >= 0.3 is 0 Å². The lowest BCUT2D eigenvalue weighted by Gasteiger charge is -2.13. The third kappa shape index (κ3) is 4.51. The van der Waals surface area contributed by atoms with Crippen molar-refractivity contribution in [2.75, 3.05) is 11.9 Å². The second-order valence-electron chi connectivity index (χ2n) is 4.70. The summed E-state index contributed by atoms with van der Waals surface area (Å²) in [5, 5.41) is 13.8. The monoisotopic (exact) mass is 277 g/mol. The van der Waals surface area contributed by atoms with Crippen LogP contribution in [0.15, 0.2) is 29.0 Å². The van der Waals surface area contributed by atoms with Crippen LogP contribution < -0.4 is 10.6 Å². The molecule has 0 aliphatic rings. The fraction of sp³-hybridized carbons (Fsp3) is 0.462. The van der Waals surface area contributed by atoms with Crippen LogP contribution >= 0.6 is 0 Å². The molecule has 0 bridgehead atoms. The van der Waals surface area contributed by atoms with Crippen molar-refractivity contribution in [1.29, 1.82) is 0 Å². The molecule has 1 atom stereocenters. The predicted octanol–water partition coefficient (Wildman–Crippen LogP) is 1.19. The molecular formula is C13H19N5O2. The molecular weight excluding hydrogens is 258 g/mol. The van der Waals surface area contributed by atoms with Crippen molar-refractivity contribution in [3.05, 3.63) is 30.3 Å². The number of nitrogens with zero attached hydrogens (tertiary/aromatic N) is 3. The van der Waals surface area contributed by atoms with E-state index in [2.05, 4.69) is 27.8 Å². The number of aromatic nitrogens is 3. The molecule has 2 aromatic rings. The second kappa shape index (κ2) is 6.85. The highest BCUT2D eigenvalue weighted by Gasteiger charge is 2.07. The third-order valence-electron chi connectivity index (χ3n) is 2.76. The molecule has 7 heteroatoms. The van der Waals surface area contributed by atoms with Gasteiger partial charge < -0.3 is 15.2 Å². The van der Waals surface area contributed by atoms with Crippen LogP contribution in [0.2, 0.25) is 0 Å². The standard InChI is InChI=1S/C13H19N5O2/c1-10(9-18-7-3-5-15-18)14-6-4-13(19)16-12-8-11(2)20-17-12/h3,5,7-8,10,14H,4,6,9H2,1-2H3,(H,16,17,19)/t10-/m1/s1. The van der Waals surface area contributed by atoms with E-state index in [1.807, 2.05) is 16.9 Å². The quantitative estimate of drug-likeness (QED) is 0.794. The van der Waals surface area contributed by atoms with Crippen molar-refractivity contribution < 1.29 is 9.32 Å². The molecule has 0 saturated carbocycles. The number of aryl methyl sites for hydroxylation is 1. The fourth-order valence-corrected chi connectivity index (χ4v) is 1.82. The molecule has 2 N–H and O–H groups in total. The molecule has 0 radical (unpaired) electrons. The largest absolute Gasteiger partial charge is 0.360 e. The van der Waals surface area contributed by atoms with Crippen molar-refractivity contribution in [3.8, 4) is 0 Å². The highest BCUT2D eigenvalue weighted by Crippen LogP contribution is 2.06. The third-order valence-corrected chi connectivity index (χ3v) is 2.76. The summed E-state index contributed by atoms with van der Waals surface area (Å²) in [6.45, 7) is 5.21. The first-order chi connectivity index (χ1) is 9.63. The summed E-state index contributed by atoms with van der Waals surface area (Å²) in [5.74, 6) is 1.04. The molecule has 0 aliphatic heterocycles. The maximum Gasteiger partial charge on any atom is 0.226 e. The van der Waals surface area contributed by atoms with E-state index >= 15 is 0 Å². The molecule has 2 aromatic heterocycles. The van der Waals surface area contributed by atoms with Crippen LogP contribution in [0, 0.1) is 6.92 Å². The minimum Gasteiger partial charge on any atom is -0.360 e. The van der Waals surface area contributed by atoms with Crippen LogP contribution in [0.1, 0.15) is 19.1 Å². The average Bonchev–Trinajstić information content (AvgIpc) is 3.01. The normalized spacial score (nSPS) is 12.3. The Morgan fingerprint density at radius 1 is 1.55 bits per heavy atom. The zero-order chi connectivity index (χ0) is 14.4. The first kappa shape index (κ1) is 14.3. The van der Waals surface area contributed by atoms with Crippen LogP contribution in [-0.2, 0) is 11.3 Å². The number of carbonyl (C=O) groups excluding carboxylic acids is 1. The Bertz CT molecular complexity index is 535. The molecule has 0 fully saturated rings. The number of rotatable bonds is 7. The Hall–Kier alpha value is -2.15. The SMILES string of the molecule is Cc1cc(NC(=O)CCN[C@H](C)Cn2cccn2)no1. The molecule has 0 aliphatic carbocycles. The fourth-order valence-electron chi connectivity index (χ4n) is 1.82. The van der Waals surface area contributed by atoms with Gasteiger partial charge in [0.05, 0.1) is 6.54 Å². The van der Waals surface area contributed by atoms with Crippen LogP contribution in [-0.4, -0.2) is 33.4 Å². The van der Waals surface area contributed by atoms with Gasteiger partial charge in [-0.3, -0.25) is 9.48 Å². The van der Waals surface area contributed by atoms with E-state index in [0.29, 0.717) is 24.5 Å². The topological polar surface area (TPSA) is 85.0 Å². The summed E-state index contributed by atoms with van der Waals surface area (Å²) in [5.41, 5.74) is 0. The highest BCUT2D eigenvalue weighted by molar-refractivity contribution is 5.89. The summed E-state index contributed by atoms with van der Waals surface area (Å²) in [6.07, 6.45) is 4.05. The molecule has 108 valence electrons. The van der Waals surface area contributed by atoms with Crippen LogP contribution in [0.4, 0.5) is 5.82 Å². The van der Waals surface area contributed by atoms with E-state index in [0.717, 1.165) is 6.54 Å². The van der Waals surface area contributed by atoms with Crippen LogP contribution in [0.5, 0.6) is 0 Å².